The molecule has 0 atom stereocenters. The highest BCUT2D eigenvalue weighted by Crippen LogP contribution is 2.36. The van der Waals surface area contributed by atoms with Crippen molar-refractivity contribution in [3.05, 3.63) is 66.0 Å². The molecule has 30 heavy (non-hydrogen) atoms. The molecule has 2 aromatic carbocycles. The predicted molar refractivity (Wildman–Crippen MR) is 122 cm³/mol. The van der Waals surface area contributed by atoms with Crippen LogP contribution in [0, 0.1) is 6.92 Å². The summed E-state index contributed by atoms with van der Waals surface area (Å²) in [5.41, 5.74) is 10.2. The standard InChI is InChI=1S/C23H27BN4O2/c1-16-15-28(21(25)27-16)26-14-17-9-11-18(12-10-17)19-7-6-8-20(13-19)24-29-22(2,3)23(4,5)30-24/h6-15H,1-5H3,(H2,25,27). The Kier molecular flexibility index (Phi) is 5.04. The Morgan fingerprint density at radius 2 is 1.67 bits per heavy atom. The molecule has 1 aromatic heterocycles. The number of nitrogens with zero attached hydrogens (tertiary/aromatic N) is 3. The second-order valence-electron chi connectivity index (χ2n) is 8.67. The van der Waals surface area contributed by atoms with Gasteiger partial charge >= 0.3 is 7.12 Å². The number of nitrogens with two attached hydrogens (primary N) is 1. The van der Waals surface area contributed by atoms with Gasteiger partial charge in [-0.25, -0.2) is 9.66 Å². The zero-order chi connectivity index (χ0) is 21.5. The van der Waals surface area contributed by atoms with E-state index in [0.717, 1.165) is 27.8 Å². The Labute approximate surface area is 177 Å². The third-order valence-electron chi connectivity index (χ3n) is 5.82. The van der Waals surface area contributed by atoms with E-state index in [-0.39, 0.29) is 18.3 Å². The molecule has 1 aliphatic rings. The predicted octanol–water partition coefficient (Wildman–Crippen LogP) is 3.62. The normalized spacial score (nSPS) is 17.7. The van der Waals surface area contributed by atoms with Gasteiger partial charge in [-0.1, -0.05) is 48.5 Å². The number of anilines is 1. The molecule has 0 aliphatic carbocycles. The molecule has 0 saturated carbocycles. The van der Waals surface area contributed by atoms with Crippen LogP contribution in [0.4, 0.5) is 5.95 Å². The highest BCUT2D eigenvalue weighted by Gasteiger charge is 2.51. The van der Waals surface area contributed by atoms with Crippen LogP contribution >= 0.6 is 0 Å². The molecule has 0 unspecified atom stereocenters. The van der Waals surface area contributed by atoms with Gasteiger partial charge < -0.3 is 15.0 Å². The molecule has 2 heterocycles. The molecular formula is C23H27BN4O2. The third kappa shape index (κ3) is 3.91. The van der Waals surface area contributed by atoms with Crippen molar-refractivity contribution in [3.63, 3.8) is 0 Å². The van der Waals surface area contributed by atoms with Crippen LogP contribution in [-0.2, 0) is 9.31 Å². The molecule has 6 nitrogen and oxygen atoms in total. The van der Waals surface area contributed by atoms with Gasteiger partial charge in [0.05, 0.1) is 29.3 Å². The van der Waals surface area contributed by atoms with E-state index in [0.29, 0.717) is 5.95 Å². The Morgan fingerprint density at radius 1 is 1.00 bits per heavy atom. The van der Waals surface area contributed by atoms with Gasteiger partial charge in [-0.15, -0.1) is 0 Å². The average Bonchev–Trinajstić information content (AvgIpc) is 3.14. The molecule has 0 bridgehead atoms. The summed E-state index contributed by atoms with van der Waals surface area (Å²) in [4.78, 5) is 4.14. The summed E-state index contributed by atoms with van der Waals surface area (Å²) in [5.74, 6) is 0.375. The SMILES string of the molecule is Cc1cn(N=Cc2ccc(-c3cccc(B4OC(C)(C)C(C)(C)O4)c3)cc2)c(N)n1. The number of nitrogen functional groups attached to an aromatic ring is 1. The zero-order valence-electron chi connectivity index (χ0n) is 18.1. The van der Waals surface area contributed by atoms with Gasteiger partial charge in [0.15, 0.2) is 0 Å². The second-order valence-corrected chi connectivity index (χ2v) is 8.67. The maximum absolute atomic E-state index is 6.19. The van der Waals surface area contributed by atoms with Crippen LogP contribution in [0.1, 0.15) is 39.0 Å². The molecule has 0 spiro atoms. The van der Waals surface area contributed by atoms with Gasteiger partial charge in [-0.2, -0.15) is 5.10 Å². The Hall–Kier alpha value is -2.90. The molecule has 1 fully saturated rings. The van der Waals surface area contributed by atoms with Crippen LogP contribution in [0.25, 0.3) is 11.1 Å². The number of imidazole rings is 1. The average molecular weight is 402 g/mol. The number of aromatic nitrogens is 2. The summed E-state index contributed by atoms with van der Waals surface area (Å²) < 4.78 is 13.9. The highest BCUT2D eigenvalue weighted by molar-refractivity contribution is 6.62. The molecule has 3 aromatic rings. The molecule has 1 saturated heterocycles. The van der Waals surface area contributed by atoms with E-state index in [9.17, 15) is 0 Å². The van der Waals surface area contributed by atoms with E-state index >= 15 is 0 Å². The van der Waals surface area contributed by atoms with Gasteiger partial charge in [-0.05, 0) is 56.8 Å². The molecule has 154 valence electrons. The number of aryl methyl sites for hydroxylation is 1. The third-order valence-corrected chi connectivity index (χ3v) is 5.82. The van der Waals surface area contributed by atoms with E-state index in [2.05, 4.69) is 62.0 Å². The Morgan fingerprint density at radius 3 is 2.27 bits per heavy atom. The summed E-state index contributed by atoms with van der Waals surface area (Å²) in [6.07, 6.45) is 3.56. The van der Waals surface area contributed by atoms with E-state index in [1.165, 1.54) is 0 Å². The molecular weight excluding hydrogens is 375 g/mol. The Balaban J connectivity index is 1.53. The lowest BCUT2D eigenvalue weighted by molar-refractivity contribution is 0.00578. The monoisotopic (exact) mass is 402 g/mol. The molecule has 2 N–H and O–H groups in total. The summed E-state index contributed by atoms with van der Waals surface area (Å²) in [6, 6.07) is 16.5. The summed E-state index contributed by atoms with van der Waals surface area (Å²) >= 11 is 0. The van der Waals surface area contributed by atoms with Crippen LogP contribution in [0.5, 0.6) is 0 Å². The minimum absolute atomic E-state index is 0.355. The molecule has 1 aliphatic heterocycles. The van der Waals surface area contributed by atoms with E-state index < -0.39 is 0 Å². The topological polar surface area (TPSA) is 74.7 Å². The highest BCUT2D eigenvalue weighted by atomic mass is 16.7. The number of rotatable bonds is 4. The molecule has 0 radical (unpaired) electrons. The number of hydrogen-bond donors (Lipinski definition) is 1. The molecule has 4 rings (SSSR count). The fourth-order valence-electron chi connectivity index (χ4n) is 3.33. The fourth-order valence-corrected chi connectivity index (χ4v) is 3.33. The van der Waals surface area contributed by atoms with Crippen LogP contribution in [0.3, 0.4) is 0 Å². The lowest BCUT2D eigenvalue weighted by Crippen LogP contribution is -2.41. The van der Waals surface area contributed by atoms with Crippen LogP contribution < -0.4 is 11.2 Å². The van der Waals surface area contributed by atoms with Crippen molar-refractivity contribution in [1.82, 2.24) is 9.66 Å². The quantitative estimate of drug-likeness (QED) is 0.534. The van der Waals surface area contributed by atoms with Gasteiger partial charge in [-0.3, -0.25) is 0 Å². The van der Waals surface area contributed by atoms with Crippen molar-refractivity contribution in [2.75, 3.05) is 5.73 Å². The number of benzene rings is 2. The van der Waals surface area contributed by atoms with Gasteiger partial charge in [0.25, 0.3) is 0 Å². The first-order valence-electron chi connectivity index (χ1n) is 10.1. The van der Waals surface area contributed by atoms with E-state index in [1.54, 1.807) is 17.1 Å². The van der Waals surface area contributed by atoms with Crippen LogP contribution in [-0.4, -0.2) is 34.2 Å². The second kappa shape index (κ2) is 7.41. The van der Waals surface area contributed by atoms with Crippen molar-refractivity contribution in [1.29, 1.82) is 0 Å². The van der Waals surface area contributed by atoms with Gasteiger partial charge in [0.2, 0.25) is 5.95 Å². The smallest absolute Gasteiger partial charge is 0.399 e. The molecule has 0 amide bonds. The zero-order valence-corrected chi connectivity index (χ0v) is 18.1. The van der Waals surface area contributed by atoms with Crippen molar-refractivity contribution >= 4 is 24.7 Å². The summed E-state index contributed by atoms with van der Waals surface area (Å²) in [6.45, 7) is 10.1. The maximum atomic E-state index is 6.19. The van der Waals surface area contributed by atoms with E-state index in [4.69, 9.17) is 15.0 Å². The number of hydrogen-bond acceptors (Lipinski definition) is 5. The fraction of sp³-hybridized carbons (Fsp3) is 0.304. The van der Waals surface area contributed by atoms with Crippen molar-refractivity contribution in [2.24, 2.45) is 5.10 Å². The minimum Gasteiger partial charge on any atom is -0.399 e. The van der Waals surface area contributed by atoms with Crippen molar-refractivity contribution in [2.45, 2.75) is 45.8 Å². The lowest BCUT2D eigenvalue weighted by Gasteiger charge is -2.32. The largest absolute Gasteiger partial charge is 0.494 e. The first-order valence-corrected chi connectivity index (χ1v) is 10.1. The lowest BCUT2D eigenvalue weighted by atomic mass is 9.78. The summed E-state index contributed by atoms with van der Waals surface area (Å²) in [7, 11) is -0.370. The van der Waals surface area contributed by atoms with Crippen molar-refractivity contribution in [3.8, 4) is 11.1 Å². The van der Waals surface area contributed by atoms with Gasteiger partial charge in [0, 0.05) is 0 Å². The first-order chi connectivity index (χ1) is 14.1. The Bertz CT molecular complexity index is 1070. The molecule has 7 heteroatoms. The minimum atomic E-state index is -0.370. The first kappa shape index (κ1) is 20.4. The van der Waals surface area contributed by atoms with E-state index in [1.807, 2.05) is 31.2 Å². The van der Waals surface area contributed by atoms with Crippen molar-refractivity contribution < 1.29 is 9.31 Å². The maximum Gasteiger partial charge on any atom is 0.494 e. The van der Waals surface area contributed by atoms with Crippen LogP contribution in [0.2, 0.25) is 0 Å². The summed E-state index contributed by atoms with van der Waals surface area (Å²) in [5, 5.41) is 4.36. The van der Waals surface area contributed by atoms with Crippen LogP contribution in [0.15, 0.2) is 59.8 Å². The van der Waals surface area contributed by atoms with Gasteiger partial charge in [0.1, 0.15) is 0 Å².